The molecule has 0 bridgehead atoms. The second-order valence-electron chi connectivity index (χ2n) is 5.62. The highest BCUT2D eigenvalue weighted by Crippen LogP contribution is 2.23. The maximum Gasteiger partial charge on any atom is 0.281 e. The van der Waals surface area contributed by atoms with Crippen molar-refractivity contribution in [3.63, 3.8) is 0 Å². The molecular weight excluding hydrogens is 290 g/mol. The number of hydrogen-bond acceptors (Lipinski definition) is 5. The summed E-state index contributed by atoms with van der Waals surface area (Å²) in [5.74, 6) is 0.855. The van der Waals surface area contributed by atoms with E-state index in [4.69, 9.17) is 5.73 Å². The van der Waals surface area contributed by atoms with Gasteiger partial charge >= 0.3 is 0 Å². The van der Waals surface area contributed by atoms with Gasteiger partial charge in [-0.2, -0.15) is 17.0 Å². The largest absolute Gasteiger partial charge is 0.382 e. The maximum atomic E-state index is 12.2. The quantitative estimate of drug-likeness (QED) is 0.874. The van der Waals surface area contributed by atoms with E-state index in [-0.39, 0.29) is 0 Å². The molecule has 0 spiro atoms. The Morgan fingerprint density at radius 1 is 1.29 bits per heavy atom. The number of anilines is 1. The van der Waals surface area contributed by atoms with Gasteiger partial charge in [0.2, 0.25) is 0 Å². The number of nitrogen functional groups attached to an aromatic ring is 1. The molecule has 1 saturated heterocycles. The highest BCUT2D eigenvalue weighted by atomic mass is 32.2. The van der Waals surface area contributed by atoms with Crippen molar-refractivity contribution >= 4 is 16.0 Å². The third-order valence-corrected chi connectivity index (χ3v) is 5.76. The van der Waals surface area contributed by atoms with Crippen molar-refractivity contribution < 1.29 is 8.42 Å². The Balaban J connectivity index is 1.96. The lowest BCUT2D eigenvalue weighted by Crippen LogP contribution is -2.40. The lowest BCUT2D eigenvalue weighted by molar-refractivity contribution is 0.376. The second-order valence-corrected chi connectivity index (χ2v) is 7.77. The summed E-state index contributed by atoms with van der Waals surface area (Å²) in [5.41, 5.74) is 6.44. The Morgan fingerprint density at radius 2 is 2.05 bits per heavy atom. The van der Waals surface area contributed by atoms with E-state index < -0.39 is 10.2 Å². The molecule has 1 aromatic heterocycles. The number of hydrogen-bond donors (Lipinski definition) is 1. The van der Waals surface area contributed by atoms with E-state index in [1.165, 1.54) is 4.31 Å². The Hall–Kier alpha value is -1.25. The fourth-order valence-electron chi connectivity index (χ4n) is 2.57. The lowest BCUT2D eigenvalue weighted by atomic mass is 9.95. The van der Waals surface area contributed by atoms with Crippen LogP contribution in [0.4, 0.5) is 5.82 Å². The van der Waals surface area contributed by atoms with Crippen molar-refractivity contribution in [2.24, 2.45) is 5.92 Å². The van der Waals surface area contributed by atoms with Crippen LogP contribution in [0.25, 0.3) is 0 Å². The van der Waals surface area contributed by atoms with Gasteiger partial charge < -0.3 is 5.73 Å². The zero-order chi connectivity index (χ0) is 15.5. The van der Waals surface area contributed by atoms with E-state index in [9.17, 15) is 8.42 Å². The number of rotatable bonds is 4. The van der Waals surface area contributed by atoms with Crippen LogP contribution in [0.5, 0.6) is 0 Å². The Bertz CT molecular complexity index is 558. The smallest absolute Gasteiger partial charge is 0.281 e. The molecule has 2 heterocycles. The minimum Gasteiger partial charge on any atom is -0.382 e. The summed E-state index contributed by atoms with van der Waals surface area (Å²) in [5, 5.41) is 0. The molecule has 1 aliphatic heterocycles. The first-order valence-electron chi connectivity index (χ1n) is 7.13. The predicted molar refractivity (Wildman–Crippen MR) is 81.7 cm³/mol. The van der Waals surface area contributed by atoms with E-state index in [1.54, 1.807) is 30.8 Å². The van der Waals surface area contributed by atoms with E-state index in [2.05, 4.69) is 9.97 Å². The van der Waals surface area contributed by atoms with Crippen LogP contribution in [0.1, 0.15) is 25.0 Å². The zero-order valence-electron chi connectivity index (χ0n) is 12.6. The monoisotopic (exact) mass is 313 g/mol. The fourth-order valence-corrected chi connectivity index (χ4v) is 3.73. The lowest BCUT2D eigenvalue weighted by Gasteiger charge is -2.23. The number of nitrogens with two attached hydrogens (primary N) is 1. The first-order valence-corrected chi connectivity index (χ1v) is 8.53. The summed E-state index contributed by atoms with van der Waals surface area (Å²) in [6, 6.07) is 0. The van der Waals surface area contributed by atoms with Gasteiger partial charge in [-0.1, -0.05) is 0 Å². The molecule has 8 heteroatoms. The average Bonchev–Trinajstić information content (AvgIpc) is 2.67. The molecule has 0 radical (unpaired) electrons. The average molecular weight is 313 g/mol. The molecule has 2 N–H and O–H groups in total. The van der Waals surface area contributed by atoms with Crippen LogP contribution >= 0.6 is 0 Å². The molecule has 0 aliphatic carbocycles. The van der Waals surface area contributed by atoms with Gasteiger partial charge in [-0.25, -0.2) is 4.98 Å². The maximum absolute atomic E-state index is 12.2. The Morgan fingerprint density at radius 3 is 2.67 bits per heavy atom. The molecule has 0 aromatic carbocycles. The van der Waals surface area contributed by atoms with Crippen molar-refractivity contribution in [1.29, 1.82) is 0 Å². The molecular formula is C13H23N5O2S. The number of aromatic nitrogens is 2. The van der Waals surface area contributed by atoms with Crippen LogP contribution in [0, 0.1) is 5.92 Å². The van der Waals surface area contributed by atoms with Gasteiger partial charge in [0.05, 0.1) is 18.1 Å². The molecule has 0 amide bonds. The van der Waals surface area contributed by atoms with Gasteiger partial charge in [0.25, 0.3) is 10.2 Å². The summed E-state index contributed by atoms with van der Waals surface area (Å²) < 4.78 is 27.2. The van der Waals surface area contributed by atoms with E-state index in [1.807, 2.05) is 0 Å². The molecule has 2 rings (SSSR count). The van der Waals surface area contributed by atoms with Gasteiger partial charge in [-0.3, -0.25) is 4.98 Å². The van der Waals surface area contributed by atoms with E-state index >= 15 is 0 Å². The third-order valence-electron chi connectivity index (χ3n) is 3.82. The molecule has 1 aromatic rings. The minimum atomic E-state index is -3.30. The predicted octanol–water partition coefficient (Wildman–Crippen LogP) is 0.510. The van der Waals surface area contributed by atoms with E-state index in [0.717, 1.165) is 31.4 Å². The van der Waals surface area contributed by atoms with Gasteiger partial charge in [0.1, 0.15) is 5.82 Å². The van der Waals surface area contributed by atoms with Crippen LogP contribution < -0.4 is 5.73 Å². The van der Waals surface area contributed by atoms with Crippen molar-refractivity contribution in [1.82, 2.24) is 18.6 Å². The first-order chi connectivity index (χ1) is 9.89. The fraction of sp³-hybridized carbons (Fsp3) is 0.692. The molecule has 7 nitrogen and oxygen atoms in total. The van der Waals surface area contributed by atoms with E-state index in [0.29, 0.717) is 24.8 Å². The second kappa shape index (κ2) is 6.67. The van der Waals surface area contributed by atoms with Crippen LogP contribution in [-0.2, 0) is 16.6 Å². The molecule has 1 fully saturated rings. The normalized spacial score (nSPS) is 21.4. The standard InChI is InChI=1S/C13H23N5O2S/c1-17(2)21(19,20)18-6-3-4-11(5-7-18)8-12-9-16-13(14)10-15-12/h9-11H,3-8H2,1-2H3,(H2,14,16). The van der Waals surface area contributed by atoms with Crippen LogP contribution in [0.15, 0.2) is 12.4 Å². The van der Waals surface area contributed by atoms with Crippen molar-refractivity contribution in [3.05, 3.63) is 18.1 Å². The molecule has 118 valence electrons. The highest BCUT2D eigenvalue weighted by Gasteiger charge is 2.27. The van der Waals surface area contributed by atoms with Gasteiger partial charge in [0.15, 0.2) is 0 Å². The van der Waals surface area contributed by atoms with Crippen LogP contribution in [-0.4, -0.2) is 54.2 Å². The molecule has 1 unspecified atom stereocenters. The van der Waals surface area contributed by atoms with Crippen molar-refractivity contribution in [2.75, 3.05) is 32.9 Å². The first kappa shape index (κ1) is 16.1. The molecule has 0 saturated carbocycles. The summed E-state index contributed by atoms with van der Waals surface area (Å²) in [6.07, 6.45) is 6.82. The minimum absolute atomic E-state index is 0.419. The summed E-state index contributed by atoms with van der Waals surface area (Å²) >= 11 is 0. The van der Waals surface area contributed by atoms with Crippen molar-refractivity contribution in [3.8, 4) is 0 Å². The van der Waals surface area contributed by atoms with Crippen LogP contribution in [0.3, 0.4) is 0 Å². The Labute approximate surface area is 126 Å². The SMILES string of the molecule is CN(C)S(=O)(=O)N1CCCC(Cc2cnc(N)cn2)CC1. The number of nitrogens with zero attached hydrogens (tertiary/aromatic N) is 4. The highest BCUT2D eigenvalue weighted by molar-refractivity contribution is 7.86. The zero-order valence-corrected chi connectivity index (χ0v) is 13.4. The molecule has 1 aliphatic rings. The summed E-state index contributed by atoms with van der Waals surface area (Å²) in [6.45, 7) is 1.15. The van der Waals surface area contributed by atoms with Gasteiger partial charge in [0, 0.05) is 27.2 Å². The third kappa shape index (κ3) is 4.12. The van der Waals surface area contributed by atoms with Gasteiger partial charge in [-0.15, -0.1) is 0 Å². The summed E-state index contributed by atoms with van der Waals surface area (Å²) in [4.78, 5) is 8.32. The molecule has 21 heavy (non-hydrogen) atoms. The van der Waals surface area contributed by atoms with Crippen molar-refractivity contribution in [2.45, 2.75) is 25.7 Å². The molecule has 1 atom stereocenters. The topological polar surface area (TPSA) is 92.4 Å². The Kier molecular flexibility index (Phi) is 5.13. The van der Waals surface area contributed by atoms with Gasteiger partial charge in [-0.05, 0) is 31.6 Å². The van der Waals surface area contributed by atoms with Crippen LogP contribution in [0.2, 0.25) is 0 Å². The summed E-state index contributed by atoms with van der Waals surface area (Å²) in [7, 11) is -0.161.